The molecule has 0 unspecified atom stereocenters. The van der Waals surface area contributed by atoms with E-state index in [9.17, 15) is 8.78 Å². The summed E-state index contributed by atoms with van der Waals surface area (Å²) >= 11 is 0. The van der Waals surface area contributed by atoms with Crippen molar-refractivity contribution in [2.24, 2.45) is 0 Å². The van der Waals surface area contributed by atoms with Crippen molar-refractivity contribution in [1.82, 2.24) is 0 Å². The summed E-state index contributed by atoms with van der Waals surface area (Å²) in [5, 5.41) is 2.06. The van der Waals surface area contributed by atoms with Crippen LogP contribution in [0.4, 0.5) is 8.78 Å². The van der Waals surface area contributed by atoms with Crippen molar-refractivity contribution in [3.8, 4) is 5.75 Å². The van der Waals surface area contributed by atoms with E-state index in [4.69, 9.17) is 4.74 Å². The molecule has 0 heterocycles. The molecule has 0 saturated carbocycles. The molecule has 1 nitrogen and oxygen atoms in total. The molecule has 2 aromatic rings. The Hall–Kier alpha value is -1.64. The highest BCUT2D eigenvalue weighted by Gasteiger charge is 2.03. The smallest absolute Gasteiger partial charge is 0.272 e. The van der Waals surface area contributed by atoms with E-state index < -0.39 is 13.0 Å². The van der Waals surface area contributed by atoms with Gasteiger partial charge in [-0.1, -0.05) is 44.2 Å². The van der Waals surface area contributed by atoms with E-state index in [2.05, 4.69) is 0 Å². The molecule has 0 aromatic heterocycles. The van der Waals surface area contributed by atoms with Gasteiger partial charge >= 0.3 is 0 Å². The Kier molecular flexibility index (Phi) is 5.40. The maximum atomic E-state index is 11.9. The summed E-state index contributed by atoms with van der Waals surface area (Å²) in [5.41, 5.74) is 0. The molecule has 0 spiro atoms. The van der Waals surface area contributed by atoms with E-state index in [1.165, 1.54) is 0 Å². The first-order valence-electron chi connectivity index (χ1n) is 5.65. The summed E-state index contributed by atoms with van der Waals surface area (Å²) < 4.78 is 28.7. The number of fused-ring (bicyclic) bond motifs is 1. The first kappa shape index (κ1) is 13.4. The largest absolute Gasteiger partial charge is 0.488 e. The van der Waals surface area contributed by atoms with Gasteiger partial charge in [0.1, 0.15) is 12.4 Å². The second-order valence-corrected chi connectivity index (χ2v) is 3.21. The third-order valence-corrected chi connectivity index (χ3v) is 2.10. The van der Waals surface area contributed by atoms with E-state index in [0.29, 0.717) is 5.75 Å². The SMILES string of the molecule is CC.FC(F)COc1ccc2ccccc2c1. The molecule has 2 rings (SSSR count). The number of halogens is 2. The third kappa shape index (κ3) is 4.02. The molecular formula is C14H16F2O. The molecule has 0 radical (unpaired) electrons. The predicted molar refractivity (Wildman–Crippen MR) is 66.8 cm³/mol. The van der Waals surface area contributed by atoms with Gasteiger partial charge in [-0.2, -0.15) is 0 Å². The minimum Gasteiger partial charge on any atom is -0.488 e. The Balaban J connectivity index is 0.000000686. The normalized spacial score (nSPS) is 9.94. The van der Waals surface area contributed by atoms with E-state index in [0.717, 1.165) is 10.8 Å². The summed E-state index contributed by atoms with van der Waals surface area (Å²) in [7, 11) is 0. The van der Waals surface area contributed by atoms with E-state index >= 15 is 0 Å². The van der Waals surface area contributed by atoms with Crippen molar-refractivity contribution >= 4 is 10.8 Å². The molecule has 92 valence electrons. The number of rotatable bonds is 3. The van der Waals surface area contributed by atoms with Gasteiger partial charge < -0.3 is 4.74 Å². The lowest BCUT2D eigenvalue weighted by Crippen LogP contribution is -2.06. The van der Waals surface area contributed by atoms with Gasteiger partial charge in [-0.05, 0) is 22.9 Å². The van der Waals surface area contributed by atoms with Crippen molar-refractivity contribution in [2.45, 2.75) is 20.3 Å². The zero-order valence-electron chi connectivity index (χ0n) is 9.99. The Morgan fingerprint density at radius 3 is 2.29 bits per heavy atom. The highest BCUT2D eigenvalue weighted by atomic mass is 19.3. The average molecular weight is 238 g/mol. The van der Waals surface area contributed by atoms with Crippen LogP contribution in [0.5, 0.6) is 5.75 Å². The van der Waals surface area contributed by atoms with Crippen LogP contribution in [0.2, 0.25) is 0 Å². The van der Waals surface area contributed by atoms with Crippen molar-refractivity contribution in [3.05, 3.63) is 42.5 Å². The van der Waals surface area contributed by atoms with E-state index in [1.54, 1.807) is 12.1 Å². The number of hydrogen-bond acceptors (Lipinski definition) is 1. The van der Waals surface area contributed by atoms with Gasteiger partial charge in [0.05, 0.1) is 0 Å². The fraction of sp³-hybridized carbons (Fsp3) is 0.286. The first-order chi connectivity index (χ1) is 8.25. The van der Waals surface area contributed by atoms with Crippen molar-refractivity contribution < 1.29 is 13.5 Å². The quantitative estimate of drug-likeness (QED) is 0.764. The van der Waals surface area contributed by atoms with Crippen LogP contribution in [-0.4, -0.2) is 13.0 Å². The molecule has 0 amide bonds. The lowest BCUT2D eigenvalue weighted by atomic mass is 10.1. The second-order valence-electron chi connectivity index (χ2n) is 3.21. The zero-order valence-corrected chi connectivity index (χ0v) is 9.99. The summed E-state index contributed by atoms with van der Waals surface area (Å²) in [6.07, 6.45) is -2.43. The summed E-state index contributed by atoms with van der Waals surface area (Å²) in [6.45, 7) is 3.44. The van der Waals surface area contributed by atoms with Crippen molar-refractivity contribution in [2.75, 3.05) is 6.61 Å². The van der Waals surface area contributed by atoms with Crippen molar-refractivity contribution in [3.63, 3.8) is 0 Å². The number of benzene rings is 2. The van der Waals surface area contributed by atoms with Gasteiger partial charge in [0.25, 0.3) is 6.43 Å². The van der Waals surface area contributed by atoms with E-state index in [1.807, 2.05) is 44.2 Å². The third-order valence-electron chi connectivity index (χ3n) is 2.10. The van der Waals surface area contributed by atoms with E-state index in [-0.39, 0.29) is 0 Å². The van der Waals surface area contributed by atoms with Gasteiger partial charge in [0.15, 0.2) is 0 Å². The lowest BCUT2D eigenvalue weighted by Gasteiger charge is -2.06. The zero-order chi connectivity index (χ0) is 12.7. The Bertz CT molecular complexity index is 455. The molecule has 17 heavy (non-hydrogen) atoms. The molecule has 0 atom stereocenters. The van der Waals surface area contributed by atoms with Gasteiger partial charge in [0.2, 0.25) is 0 Å². The highest BCUT2D eigenvalue weighted by molar-refractivity contribution is 5.83. The topological polar surface area (TPSA) is 9.23 Å². The Morgan fingerprint density at radius 1 is 1.00 bits per heavy atom. The molecule has 3 heteroatoms. The minimum absolute atomic E-state index is 0.481. The van der Waals surface area contributed by atoms with Crippen LogP contribution in [0.3, 0.4) is 0 Å². The summed E-state index contributed by atoms with van der Waals surface area (Å²) in [5.74, 6) is 0.481. The standard InChI is InChI=1S/C12H10F2O.C2H6/c13-12(14)8-15-11-6-5-9-3-1-2-4-10(9)7-11;1-2/h1-7,12H,8H2;1-2H3. The molecule has 0 aliphatic heterocycles. The molecule has 0 bridgehead atoms. The van der Waals surface area contributed by atoms with Crippen LogP contribution in [0, 0.1) is 0 Å². The molecule has 0 fully saturated rings. The molecule has 0 aliphatic carbocycles. The monoisotopic (exact) mass is 238 g/mol. The maximum absolute atomic E-state index is 11.9. The van der Waals surface area contributed by atoms with Gasteiger partial charge in [-0.3, -0.25) is 0 Å². The van der Waals surface area contributed by atoms with Crippen LogP contribution in [0.15, 0.2) is 42.5 Å². The first-order valence-corrected chi connectivity index (χ1v) is 5.65. The number of hydrogen-bond donors (Lipinski definition) is 0. The Morgan fingerprint density at radius 2 is 1.65 bits per heavy atom. The van der Waals surface area contributed by atoms with Crippen LogP contribution in [-0.2, 0) is 0 Å². The maximum Gasteiger partial charge on any atom is 0.272 e. The molecule has 2 aromatic carbocycles. The molecule has 0 saturated heterocycles. The minimum atomic E-state index is -2.43. The average Bonchev–Trinajstić information content (AvgIpc) is 2.38. The second kappa shape index (κ2) is 6.84. The fourth-order valence-electron chi connectivity index (χ4n) is 1.42. The summed E-state index contributed by atoms with van der Waals surface area (Å²) in [6, 6.07) is 13.0. The highest BCUT2D eigenvalue weighted by Crippen LogP contribution is 2.20. The fourth-order valence-corrected chi connectivity index (χ4v) is 1.42. The van der Waals surface area contributed by atoms with Crippen LogP contribution >= 0.6 is 0 Å². The van der Waals surface area contributed by atoms with Crippen LogP contribution in [0.1, 0.15) is 13.8 Å². The van der Waals surface area contributed by atoms with Crippen LogP contribution < -0.4 is 4.74 Å². The Labute approximate surface area is 100 Å². The predicted octanol–water partition coefficient (Wildman–Crippen LogP) is 4.51. The molecule has 0 N–H and O–H groups in total. The van der Waals surface area contributed by atoms with Gasteiger partial charge in [-0.25, -0.2) is 8.78 Å². The van der Waals surface area contributed by atoms with Gasteiger partial charge in [0, 0.05) is 0 Å². The number of alkyl halides is 2. The van der Waals surface area contributed by atoms with Gasteiger partial charge in [-0.15, -0.1) is 0 Å². The summed E-state index contributed by atoms with van der Waals surface area (Å²) in [4.78, 5) is 0. The molecular weight excluding hydrogens is 222 g/mol. The molecule has 0 aliphatic rings. The number of ether oxygens (including phenoxy) is 1. The van der Waals surface area contributed by atoms with Crippen molar-refractivity contribution in [1.29, 1.82) is 0 Å². The lowest BCUT2D eigenvalue weighted by molar-refractivity contribution is 0.0820. The van der Waals surface area contributed by atoms with Crippen LogP contribution in [0.25, 0.3) is 10.8 Å².